The minimum atomic E-state index is -0.626. The van der Waals surface area contributed by atoms with E-state index in [1.54, 1.807) is 0 Å². The third kappa shape index (κ3) is 2.14. The first kappa shape index (κ1) is 13.3. The molecule has 0 bridgehead atoms. The number of rotatable bonds is 2. The van der Waals surface area contributed by atoms with E-state index in [2.05, 4.69) is 46.3 Å². The number of allylic oxidation sites excluding steroid dienone is 3. The predicted octanol–water partition coefficient (Wildman–Crippen LogP) is 3.53. The Morgan fingerprint density at radius 2 is 2.00 bits per heavy atom. The molecule has 0 fully saturated rings. The summed E-state index contributed by atoms with van der Waals surface area (Å²) in [7, 11) is 0. The van der Waals surface area contributed by atoms with E-state index in [0.717, 1.165) is 22.2 Å². The summed E-state index contributed by atoms with van der Waals surface area (Å²) in [6.45, 7) is 1.92. The van der Waals surface area contributed by atoms with Crippen LogP contribution in [-0.2, 0) is 5.66 Å². The molecule has 0 aromatic heterocycles. The van der Waals surface area contributed by atoms with Crippen molar-refractivity contribution in [3.05, 3.63) is 58.6 Å². The van der Waals surface area contributed by atoms with Gasteiger partial charge in [0.1, 0.15) is 5.84 Å². The Balaban J connectivity index is 2.12. The van der Waals surface area contributed by atoms with Crippen molar-refractivity contribution in [2.45, 2.75) is 19.0 Å². The van der Waals surface area contributed by atoms with Gasteiger partial charge in [-0.15, -0.1) is 0 Å². The molecule has 0 amide bonds. The first-order valence-corrected chi connectivity index (χ1v) is 7.41. The van der Waals surface area contributed by atoms with Crippen LogP contribution in [0.5, 0.6) is 0 Å². The number of hydrogen-bond donors (Lipinski definition) is 1. The van der Waals surface area contributed by atoms with Gasteiger partial charge in [-0.05, 0) is 17.8 Å². The average molecular weight is 330 g/mol. The van der Waals surface area contributed by atoms with Crippen LogP contribution in [0.25, 0.3) is 0 Å². The maximum absolute atomic E-state index is 6.00. The van der Waals surface area contributed by atoms with E-state index < -0.39 is 5.66 Å². The second kappa shape index (κ2) is 5.02. The van der Waals surface area contributed by atoms with E-state index in [1.165, 1.54) is 0 Å². The molecule has 1 aromatic rings. The number of hydrogen-bond acceptors (Lipinski definition) is 3. The van der Waals surface area contributed by atoms with Crippen LogP contribution in [0, 0.1) is 5.92 Å². The Morgan fingerprint density at radius 3 is 2.60 bits per heavy atom. The smallest absolute Gasteiger partial charge is 0.184 e. The summed E-state index contributed by atoms with van der Waals surface area (Å²) in [6, 6.07) is 10.2. The third-order valence-corrected chi connectivity index (χ3v) is 4.34. The van der Waals surface area contributed by atoms with Gasteiger partial charge < -0.3 is 5.73 Å². The summed E-state index contributed by atoms with van der Waals surface area (Å²) < 4.78 is 1.16. The second-order valence-corrected chi connectivity index (χ2v) is 6.11. The van der Waals surface area contributed by atoms with Crippen molar-refractivity contribution in [3.63, 3.8) is 0 Å². The van der Waals surface area contributed by atoms with Crippen LogP contribution in [0.3, 0.4) is 0 Å². The van der Waals surface area contributed by atoms with E-state index in [0.29, 0.717) is 5.84 Å². The first-order chi connectivity index (χ1) is 9.62. The molecule has 0 saturated carbocycles. The lowest BCUT2D eigenvalue weighted by atomic mass is 9.82. The van der Waals surface area contributed by atoms with Crippen molar-refractivity contribution in [1.29, 1.82) is 0 Å². The highest BCUT2D eigenvalue weighted by molar-refractivity contribution is 9.11. The molecule has 20 heavy (non-hydrogen) atoms. The van der Waals surface area contributed by atoms with E-state index in [9.17, 15) is 0 Å². The molecule has 1 aromatic carbocycles. The topological polar surface area (TPSA) is 50.7 Å². The standard InChI is InChI=1S/C16H16BrN3/c1-11-15(18)20-16(19-11,12-6-3-2-4-7-12)13-8-5-9-14(17)10-13/h2-9,13H,10H2,1H3,(H2,18,20). The molecule has 3 rings (SSSR count). The molecule has 3 nitrogen and oxygen atoms in total. The van der Waals surface area contributed by atoms with Gasteiger partial charge in [0.05, 0.1) is 5.71 Å². The molecule has 4 heteroatoms. The lowest BCUT2D eigenvalue weighted by Gasteiger charge is -2.32. The normalized spacial score (nSPS) is 28.9. The number of benzene rings is 1. The molecule has 2 unspecified atom stereocenters. The summed E-state index contributed by atoms with van der Waals surface area (Å²) in [5, 5.41) is 0. The van der Waals surface area contributed by atoms with Gasteiger partial charge >= 0.3 is 0 Å². The van der Waals surface area contributed by atoms with Crippen LogP contribution in [0.4, 0.5) is 0 Å². The SMILES string of the molecule is CC1=NC(c2ccccc2)(C2C=CC=C(Br)C2)N=C1N. The van der Waals surface area contributed by atoms with Gasteiger partial charge in [0, 0.05) is 11.5 Å². The van der Waals surface area contributed by atoms with Gasteiger partial charge in [0.15, 0.2) is 5.66 Å². The van der Waals surface area contributed by atoms with Crippen LogP contribution < -0.4 is 5.73 Å². The molecule has 0 saturated heterocycles. The molecular formula is C16H16BrN3. The van der Waals surface area contributed by atoms with Crippen LogP contribution in [0.2, 0.25) is 0 Å². The van der Waals surface area contributed by atoms with Gasteiger partial charge in [-0.1, -0.05) is 64.5 Å². The van der Waals surface area contributed by atoms with Crippen LogP contribution in [0.1, 0.15) is 18.9 Å². The molecule has 1 heterocycles. The predicted molar refractivity (Wildman–Crippen MR) is 87.1 cm³/mol. The maximum Gasteiger partial charge on any atom is 0.184 e. The van der Waals surface area contributed by atoms with Crippen LogP contribution in [0.15, 0.2) is 63.0 Å². The molecule has 2 atom stereocenters. The quantitative estimate of drug-likeness (QED) is 0.886. The fourth-order valence-corrected chi connectivity index (χ4v) is 3.21. The lowest BCUT2D eigenvalue weighted by molar-refractivity contribution is 0.351. The van der Waals surface area contributed by atoms with Crippen LogP contribution in [-0.4, -0.2) is 11.5 Å². The summed E-state index contributed by atoms with van der Waals surface area (Å²) >= 11 is 3.58. The zero-order valence-corrected chi connectivity index (χ0v) is 12.8. The first-order valence-electron chi connectivity index (χ1n) is 6.62. The Hall–Kier alpha value is -1.68. The number of aliphatic imine (C=N–C) groups is 2. The molecule has 2 aliphatic rings. The van der Waals surface area contributed by atoms with Gasteiger partial charge in [-0.2, -0.15) is 0 Å². The third-order valence-electron chi connectivity index (χ3n) is 3.75. The van der Waals surface area contributed by atoms with E-state index >= 15 is 0 Å². The summed E-state index contributed by atoms with van der Waals surface area (Å²) in [5.41, 5.74) is 7.27. The van der Waals surface area contributed by atoms with E-state index in [-0.39, 0.29) is 5.92 Å². The van der Waals surface area contributed by atoms with Gasteiger partial charge in [0.2, 0.25) is 0 Å². The minimum Gasteiger partial charge on any atom is -0.382 e. The summed E-state index contributed by atoms with van der Waals surface area (Å²) in [6.07, 6.45) is 7.15. The minimum absolute atomic E-state index is 0.167. The number of nitrogens with two attached hydrogens (primary N) is 1. The van der Waals surface area contributed by atoms with Crippen molar-refractivity contribution in [2.24, 2.45) is 21.6 Å². The number of nitrogens with zero attached hydrogens (tertiary/aromatic N) is 2. The summed E-state index contributed by atoms with van der Waals surface area (Å²) in [5.74, 6) is 0.702. The molecule has 1 aliphatic carbocycles. The van der Waals surface area contributed by atoms with Crippen LogP contribution >= 0.6 is 15.9 Å². The highest BCUT2D eigenvalue weighted by Crippen LogP contribution is 2.44. The lowest BCUT2D eigenvalue weighted by Crippen LogP contribution is -2.30. The van der Waals surface area contributed by atoms with E-state index in [4.69, 9.17) is 15.7 Å². The molecule has 102 valence electrons. The summed E-state index contributed by atoms with van der Waals surface area (Å²) in [4.78, 5) is 9.54. The van der Waals surface area contributed by atoms with E-state index in [1.807, 2.05) is 25.1 Å². The maximum atomic E-state index is 6.00. The molecule has 0 spiro atoms. The Kier molecular flexibility index (Phi) is 3.34. The fraction of sp³-hybridized carbons (Fsp3) is 0.250. The van der Waals surface area contributed by atoms with Gasteiger partial charge in [-0.3, -0.25) is 4.99 Å². The van der Waals surface area contributed by atoms with Crippen molar-refractivity contribution >= 4 is 27.5 Å². The Bertz CT molecular complexity index is 623. The number of amidine groups is 1. The largest absolute Gasteiger partial charge is 0.382 e. The number of halogens is 1. The van der Waals surface area contributed by atoms with Crippen molar-refractivity contribution in [3.8, 4) is 0 Å². The molecule has 2 N–H and O–H groups in total. The highest BCUT2D eigenvalue weighted by atomic mass is 79.9. The molecule has 1 aliphatic heterocycles. The van der Waals surface area contributed by atoms with Crippen molar-refractivity contribution < 1.29 is 0 Å². The van der Waals surface area contributed by atoms with Gasteiger partial charge in [0.25, 0.3) is 0 Å². The Labute approximate surface area is 127 Å². The monoisotopic (exact) mass is 329 g/mol. The molecular weight excluding hydrogens is 314 g/mol. The van der Waals surface area contributed by atoms with Crippen molar-refractivity contribution in [2.75, 3.05) is 0 Å². The zero-order chi connectivity index (χ0) is 14.2. The molecule has 0 radical (unpaired) electrons. The zero-order valence-electron chi connectivity index (χ0n) is 11.3. The highest BCUT2D eigenvalue weighted by Gasteiger charge is 2.43. The average Bonchev–Trinajstić information content (AvgIpc) is 2.77. The second-order valence-electron chi connectivity index (χ2n) is 5.10. The fourth-order valence-electron chi connectivity index (χ4n) is 2.71. The van der Waals surface area contributed by atoms with Crippen molar-refractivity contribution in [1.82, 2.24) is 0 Å². The van der Waals surface area contributed by atoms with Gasteiger partial charge in [-0.25, -0.2) is 4.99 Å². The Morgan fingerprint density at radius 1 is 1.25 bits per heavy atom.